The molecule has 0 amide bonds. The number of rotatable bonds is 5. The number of nitrogens with zero attached hydrogens (tertiary/aromatic N) is 2. The maximum Gasteiger partial charge on any atom is 0.130 e. The first-order valence-corrected chi connectivity index (χ1v) is 8.38. The van der Waals surface area contributed by atoms with Crippen LogP contribution in [-0.4, -0.2) is 26.7 Å². The lowest BCUT2D eigenvalue weighted by atomic mass is 10.1. The monoisotopic (exact) mass is 374 g/mol. The highest BCUT2D eigenvalue weighted by molar-refractivity contribution is 9.10. The summed E-state index contributed by atoms with van der Waals surface area (Å²) >= 11 is 11.3. The standard InChI is InChI=1S/C14H16BrClN2OS/c1-9-11(14(16)18(2)17-9)7-10(19)8-20-13-6-4-3-5-12(13)15/h3-6,10,19H,7-8H2,1-2H3. The Morgan fingerprint density at radius 3 is 2.75 bits per heavy atom. The smallest absolute Gasteiger partial charge is 0.130 e. The molecule has 0 aliphatic rings. The highest BCUT2D eigenvalue weighted by Crippen LogP contribution is 2.28. The van der Waals surface area contributed by atoms with Crippen molar-refractivity contribution in [3.63, 3.8) is 0 Å². The van der Waals surface area contributed by atoms with Gasteiger partial charge >= 0.3 is 0 Å². The van der Waals surface area contributed by atoms with Crippen molar-refractivity contribution in [1.82, 2.24) is 9.78 Å². The molecule has 0 spiro atoms. The maximum atomic E-state index is 10.2. The highest BCUT2D eigenvalue weighted by Gasteiger charge is 2.16. The van der Waals surface area contributed by atoms with E-state index >= 15 is 0 Å². The van der Waals surface area contributed by atoms with Gasteiger partial charge < -0.3 is 5.11 Å². The van der Waals surface area contributed by atoms with Crippen LogP contribution in [0.15, 0.2) is 33.6 Å². The number of halogens is 2. The minimum Gasteiger partial charge on any atom is -0.392 e. The van der Waals surface area contributed by atoms with Gasteiger partial charge in [-0.15, -0.1) is 11.8 Å². The fraction of sp³-hybridized carbons (Fsp3) is 0.357. The summed E-state index contributed by atoms with van der Waals surface area (Å²) in [6.45, 7) is 1.91. The number of aliphatic hydroxyl groups excluding tert-OH is 1. The average molecular weight is 376 g/mol. The van der Waals surface area contributed by atoms with Crippen molar-refractivity contribution in [2.24, 2.45) is 7.05 Å². The van der Waals surface area contributed by atoms with Crippen LogP contribution in [0, 0.1) is 6.92 Å². The second-order valence-electron chi connectivity index (χ2n) is 4.58. The first-order valence-electron chi connectivity index (χ1n) is 6.22. The zero-order valence-corrected chi connectivity index (χ0v) is 14.5. The number of hydrogen-bond donors (Lipinski definition) is 1. The molecule has 1 aromatic heterocycles. The molecule has 6 heteroatoms. The van der Waals surface area contributed by atoms with Crippen molar-refractivity contribution < 1.29 is 5.11 Å². The van der Waals surface area contributed by atoms with Gasteiger partial charge in [0, 0.05) is 34.2 Å². The van der Waals surface area contributed by atoms with Crippen LogP contribution in [-0.2, 0) is 13.5 Å². The molecule has 0 aliphatic heterocycles. The third kappa shape index (κ3) is 3.79. The molecule has 0 bridgehead atoms. The van der Waals surface area contributed by atoms with Crippen molar-refractivity contribution in [2.45, 2.75) is 24.3 Å². The van der Waals surface area contributed by atoms with E-state index in [9.17, 15) is 5.11 Å². The van der Waals surface area contributed by atoms with Crippen LogP contribution >= 0.6 is 39.3 Å². The minimum atomic E-state index is -0.451. The summed E-state index contributed by atoms with van der Waals surface area (Å²) in [5.41, 5.74) is 1.80. The van der Waals surface area contributed by atoms with Crippen LogP contribution in [0.3, 0.4) is 0 Å². The molecule has 0 fully saturated rings. The Bertz CT molecular complexity index is 603. The fourth-order valence-electron chi connectivity index (χ4n) is 1.95. The van der Waals surface area contributed by atoms with Crippen molar-refractivity contribution in [3.8, 4) is 0 Å². The summed E-state index contributed by atoms with van der Waals surface area (Å²) < 4.78 is 2.69. The van der Waals surface area contributed by atoms with Gasteiger partial charge in [-0.3, -0.25) is 4.68 Å². The van der Waals surface area contributed by atoms with Gasteiger partial charge in [0.25, 0.3) is 0 Å². The normalized spacial score (nSPS) is 12.7. The molecule has 1 unspecified atom stereocenters. The zero-order valence-electron chi connectivity index (χ0n) is 11.3. The van der Waals surface area contributed by atoms with E-state index in [-0.39, 0.29) is 0 Å². The Balaban J connectivity index is 1.96. The predicted octanol–water partition coefficient (Wildman–Crippen LogP) is 3.84. The van der Waals surface area contributed by atoms with Crippen LogP contribution < -0.4 is 0 Å². The lowest BCUT2D eigenvalue weighted by molar-refractivity contribution is 0.200. The molecule has 20 heavy (non-hydrogen) atoms. The molecule has 1 atom stereocenters. The first-order chi connectivity index (χ1) is 9.49. The molecule has 3 nitrogen and oxygen atoms in total. The van der Waals surface area contributed by atoms with Crippen molar-refractivity contribution in [1.29, 1.82) is 0 Å². The van der Waals surface area contributed by atoms with E-state index in [1.165, 1.54) is 0 Å². The molecule has 2 aromatic rings. The third-order valence-corrected chi connectivity index (χ3v) is 5.62. The molecule has 0 radical (unpaired) electrons. The Morgan fingerprint density at radius 2 is 2.15 bits per heavy atom. The predicted molar refractivity (Wildman–Crippen MR) is 87.5 cm³/mol. The Kier molecular flexibility index (Phi) is 5.55. The molecule has 1 heterocycles. The topological polar surface area (TPSA) is 38.0 Å². The highest BCUT2D eigenvalue weighted by atomic mass is 79.9. The molecule has 0 saturated heterocycles. The Hall–Kier alpha value is -0.490. The van der Waals surface area contributed by atoms with Gasteiger partial charge in [0.1, 0.15) is 5.15 Å². The SMILES string of the molecule is Cc1nn(C)c(Cl)c1CC(O)CSc1ccccc1Br. The van der Waals surface area contributed by atoms with Gasteiger partial charge in [0.2, 0.25) is 0 Å². The molecule has 2 rings (SSSR count). The van der Waals surface area contributed by atoms with Gasteiger partial charge in [-0.05, 0) is 35.0 Å². The van der Waals surface area contributed by atoms with E-state index in [1.807, 2.05) is 31.2 Å². The largest absolute Gasteiger partial charge is 0.392 e. The summed E-state index contributed by atoms with van der Waals surface area (Å²) in [5, 5.41) is 15.0. The number of aryl methyl sites for hydroxylation is 2. The number of thioether (sulfide) groups is 1. The van der Waals surface area contributed by atoms with E-state index in [1.54, 1.807) is 23.5 Å². The second kappa shape index (κ2) is 6.98. The fourth-order valence-corrected chi connectivity index (χ4v) is 3.70. The summed E-state index contributed by atoms with van der Waals surface area (Å²) in [6, 6.07) is 7.99. The van der Waals surface area contributed by atoms with Crippen molar-refractivity contribution in [3.05, 3.63) is 45.1 Å². The third-order valence-electron chi connectivity index (χ3n) is 2.98. The molecule has 108 valence electrons. The van der Waals surface area contributed by atoms with Gasteiger partial charge in [-0.1, -0.05) is 23.7 Å². The van der Waals surface area contributed by atoms with Gasteiger partial charge in [0.05, 0.1) is 11.8 Å². The molecule has 0 saturated carbocycles. The van der Waals surface area contributed by atoms with E-state index in [0.717, 1.165) is 20.6 Å². The molecule has 1 N–H and O–H groups in total. The number of aliphatic hydroxyl groups is 1. The quantitative estimate of drug-likeness (QED) is 0.807. The Morgan fingerprint density at radius 1 is 1.45 bits per heavy atom. The lowest BCUT2D eigenvalue weighted by Gasteiger charge is -2.11. The second-order valence-corrected chi connectivity index (χ2v) is 6.85. The molecule has 1 aromatic carbocycles. The molecule has 0 aliphatic carbocycles. The van der Waals surface area contributed by atoms with Crippen LogP contribution in [0.2, 0.25) is 5.15 Å². The zero-order chi connectivity index (χ0) is 14.7. The maximum absolute atomic E-state index is 10.2. The van der Waals surface area contributed by atoms with Crippen LogP contribution in [0.5, 0.6) is 0 Å². The summed E-state index contributed by atoms with van der Waals surface area (Å²) in [7, 11) is 1.81. The van der Waals surface area contributed by atoms with E-state index in [4.69, 9.17) is 11.6 Å². The summed E-state index contributed by atoms with van der Waals surface area (Å²) in [6.07, 6.45) is 0.0724. The van der Waals surface area contributed by atoms with Crippen LogP contribution in [0.4, 0.5) is 0 Å². The Labute approximate surface area is 136 Å². The van der Waals surface area contributed by atoms with E-state index < -0.39 is 6.10 Å². The van der Waals surface area contributed by atoms with Gasteiger partial charge in [-0.2, -0.15) is 5.10 Å². The number of aromatic nitrogens is 2. The van der Waals surface area contributed by atoms with Gasteiger partial charge in [0.15, 0.2) is 0 Å². The molecular weight excluding hydrogens is 360 g/mol. The van der Waals surface area contributed by atoms with Gasteiger partial charge in [-0.25, -0.2) is 0 Å². The number of benzene rings is 1. The lowest BCUT2D eigenvalue weighted by Crippen LogP contribution is -2.14. The minimum absolute atomic E-state index is 0.451. The first kappa shape index (κ1) is 15.9. The van der Waals surface area contributed by atoms with E-state index in [0.29, 0.717) is 17.3 Å². The average Bonchev–Trinajstić information content (AvgIpc) is 2.64. The van der Waals surface area contributed by atoms with E-state index in [2.05, 4.69) is 21.0 Å². The number of hydrogen-bond acceptors (Lipinski definition) is 3. The summed E-state index contributed by atoms with van der Waals surface area (Å²) in [5.74, 6) is 0.618. The van der Waals surface area contributed by atoms with Crippen LogP contribution in [0.1, 0.15) is 11.3 Å². The van der Waals surface area contributed by atoms with Crippen LogP contribution in [0.25, 0.3) is 0 Å². The summed E-state index contributed by atoms with van der Waals surface area (Å²) in [4.78, 5) is 1.13. The molecular formula is C14H16BrClN2OS. The van der Waals surface area contributed by atoms with Crippen molar-refractivity contribution >= 4 is 39.3 Å². The van der Waals surface area contributed by atoms with Crippen molar-refractivity contribution in [2.75, 3.05) is 5.75 Å².